The number of ether oxygens (including phenoxy) is 3. The molecule has 8 aliphatic carbocycles. The minimum atomic E-state index is -4.83. The number of hydrogen-bond donors (Lipinski definition) is 5. The maximum atomic E-state index is 12.5. The molecule has 11 nitrogen and oxygen atoms in total. The van der Waals surface area contributed by atoms with Crippen LogP contribution in [-0.4, -0.2) is 94.6 Å². The van der Waals surface area contributed by atoms with E-state index in [1.807, 2.05) is 27.7 Å². The van der Waals surface area contributed by atoms with Gasteiger partial charge in [0.05, 0.1) is 49.3 Å². The minimum Gasteiger partial charge on any atom is -0.390 e. The maximum absolute atomic E-state index is 12.5. The van der Waals surface area contributed by atoms with Gasteiger partial charge in [-0.3, -0.25) is 4.55 Å². The standard InChI is InChI=1S/C58H88O11S/c1-31(37-14-16-39-35-13-19-47-51(4,5)50-43(59)27-56(47,29-66-50)41(35)20-22-54(37,39)10)12-18-44-32(2)24-34(53(8,9)61)25-45(68-44)33(3)38-15-17-40-36-26-46(69-70(63,64)65)49-52(6,7)58(62)48(60)28-57(49,30-67-58)42(36)21-23-55(38,40)11/h19,31,33-34,37-40,43-46,48-50,59-62H,2,12-18,20-30H2,1,3-11H3,(H,63,64,65)/t31-,33+,34-,37-,38-,39+,40+,43+,44+,45-,46+,48+,49?,50+,54-,55-,56+,57+,58+/m1/s1. The third-order valence-electron chi connectivity index (χ3n) is 23.8. The lowest BCUT2D eigenvalue weighted by Gasteiger charge is -2.69. The second kappa shape index (κ2) is 16.3. The van der Waals surface area contributed by atoms with Gasteiger partial charge in [0.2, 0.25) is 0 Å². The smallest absolute Gasteiger partial charge is 0.390 e. The summed E-state index contributed by atoms with van der Waals surface area (Å²) in [6, 6.07) is 0. The molecule has 2 spiro atoms. The highest BCUT2D eigenvalue weighted by Gasteiger charge is 2.74. The molecule has 5 N–H and O–H groups in total. The van der Waals surface area contributed by atoms with Gasteiger partial charge in [-0.1, -0.05) is 95.9 Å². The molecule has 4 saturated carbocycles. The lowest BCUT2D eigenvalue weighted by Crippen LogP contribution is -2.76. The van der Waals surface area contributed by atoms with Crippen molar-refractivity contribution in [3.63, 3.8) is 0 Å². The molecule has 13 rings (SSSR count). The third-order valence-corrected chi connectivity index (χ3v) is 24.3. The van der Waals surface area contributed by atoms with Crippen LogP contribution in [0.5, 0.6) is 0 Å². The van der Waals surface area contributed by atoms with Gasteiger partial charge in [0.25, 0.3) is 0 Å². The predicted octanol–water partition coefficient (Wildman–Crippen LogP) is 9.99. The fourth-order valence-electron chi connectivity index (χ4n) is 20.5. The number of allylic oxidation sites excluding steroid dienone is 2. The van der Waals surface area contributed by atoms with E-state index in [4.69, 9.17) is 25.0 Å². The van der Waals surface area contributed by atoms with Crippen molar-refractivity contribution in [2.45, 2.75) is 220 Å². The Morgan fingerprint density at radius 3 is 2.21 bits per heavy atom. The van der Waals surface area contributed by atoms with Crippen molar-refractivity contribution in [3.8, 4) is 0 Å². The average Bonchev–Trinajstić information content (AvgIpc) is 3.74. The highest BCUT2D eigenvalue weighted by Crippen LogP contribution is 2.73. The summed E-state index contributed by atoms with van der Waals surface area (Å²) < 4.78 is 61.1. The highest BCUT2D eigenvalue weighted by molar-refractivity contribution is 7.80. The van der Waals surface area contributed by atoms with Gasteiger partial charge in [0.15, 0.2) is 5.79 Å². The molecule has 5 saturated heterocycles. The van der Waals surface area contributed by atoms with Crippen LogP contribution < -0.4 is 0 Å². The summed E-state index contributed by atoms with van der Waals surface area (Å²) >= 11 is 0. The van der Waals surface area contributed by atoms with Crippen LogP contribution in [0.2, 0.25) is 0 Å². The van der Waals surface area contributed by atoms with Gasteiger partial charge < -0.3 is 34.6 Å². The van der Waals surface area contributed by atoms with E-state index < -0.39 is 56.8 Å². The van der Waals surface area contributed by atoms with E-state index in [1.165, 1.54) is 36.0 Å². The molecule has 1 unspecified atom stereocenters. The van der Waals surface area contributed by atoms with Crippen molar-refractivity contribution < 1.29 is 51.8 Å². The molecule has 392 valence electrons. The van der Waals surface area contributed by atoms with Crippen LogP contribution in [0.4, 0.5) is 0 Å². The van der Waals surface area contributed by atoms with E-state index in [-0.39, 0.29) is 70.8 Å². The summed E-state index contributed by atoms with van der Waals surface area (Å²) in [7, 11) is -4.83. The van der Waals surface area contributed by atoms with Crippen LogP contribution in [0, 0.1) is 79.8 Å². The molecule has 5 heterocycles. The van der Waals surface area contributed by atoms with E-state index in [2.05, 4.69) is 47.6 Å². The van der Waals surface area contributed by atoms with Crippen molar-refractivity contribution in [1.82, 2.24) is 0 Å². The number of aliphatic hydroxyl groups excluding tert-OH is 2. The molecular formula is C58H88O11S. The van der Waals surface area contributed by atoms with Gasteiger partial charge >= 0.3 is 10.4 Å². The van der Waals surface area contributed by atoms with Gasteiger partial charge in [-0.15, -0.1) is 0 Å². The largest absolute Gasteiger partial charge is 0.397 e. The first-order chi connectivity index (χ1) is 32.5. The van der Waals surface area contributed by atoms with Crippen LogP contribution in [0.25, 0.3) is 0 Å². The Bertz CT molecular complexity index is 2380. The second-order valence-electron chi connectivity index (χ2n) is 28.0. The molecule has 12 heteroatoms. The second-order valence-corrected chi connectivity index (χ2v) is 29.0. The summed E-state index contributed by atoms with van der Waals surface area (Å²) in [4.78, 5) is 0. The lowest BCUT2D eigenvalue weighted by atomic mass is 9.42. The molecule has 0 amide bonds. The third kappa shape index (κ3) is 7.04. The van der Waals surface area contributed by atoms with Gasteiger partial charge in [-0.05, 0) is 174 Å². The molecule has 0 radical (unpaired) electrons. The SMILES string of the molecule is C=C1C[C@@H](C(C)(C)O)C[C@H]([C@@H](C)[C@H]2CC[C@H]3C4=C(CC[C@]23C)[C@@]23CO[C@@](O)([C@@H](O)C2)C(C)(C)C3[C@@H](OS(=O)(=O)O)C4)O[C@H]1CC[C@@H](C)[C@H]1CC[C@H]2C3=C(CC[C@]12C)[C@@]12CO[C@@H]([C@@H](O)C1)C(C)(C)C2=CC3. The summed E-state index contributed by atoms with van der Waals surface area (Å²) in [6.45, 7) is 27.6. The summed E-state index contributed by atoms with van der Waals surface area (Å²) in [6.07, 6.45) is 14.1. The van der Waals surface area contributed by atoms with Gasteiger partial charge in [-0.2, -0.15) is 8.42 Å². The van der Waals surface area contributed by atoms with Crippen molar-refractivity contribution in [3.05, 3.63) is 46.1 Å². The molecule has 70 heavy (non-hydrogen) atoms. The number of aliphatic hydroxyl groups is 4. The molecule has 13 aliphatic rings. The number of fused-ring (bicyclic) bond motifs is 8. The normalized spacial score (nSPS) is 49.0. The van der Waals surface area contributed by atoms with Gasteiger partial charge in [0, 0.05) is 27.6 Å². The molecule has 0 aromatic carbocycles. The highest BCUT2D eigenvalue weighted by atomic mass is 32.3. The molecule has 0 aromatic rings. The Balaban J connectivity index is 0.822. The number of hydrogen-bond acceptors (Lipinski definition) is 10. The van der Waals surface area contributed by atoms with Crippen LogP contribution in [0.15, 0.2) is 46.1 Å². The topological polar surface area (TPSA) is 172 Å². The number of rotatable bonds is 9. The van der Waals surface area contributed by atoms with E-state index >= 15 is 0 Å². The van der Waals surface area contributed by atoms with E-state index in [9.17, 15) is 33.4 Å². The van der Waals surface area contributed by atoms with Crippen molar-refractivity contribution in [2.75, 3.05) is 13.2 Å². The minimum absolute atomic E-state index is 0.000621. The van der Waals surface area contributed by atoms with Crippen molar-refractivity contribution in [2.24, 2.45) is 79.8 Å². The molecule has 0 aromatic heterocycles. The molecule has 4 bridgehead atoms. The summed E-state index contributed by atoms with van der Waals surface area (Å²) in [5.74, 6) is -0.0365. The maximum Gasteiger partial charge on any atom is 0.397 e. The molecular weight excluding hydrogens is 905 g/mol. The molecule has 5 aliphatic heterocycles. The van der Waals surface area contributed by atoms with Crippen LogP contribution in [-0.2, 0) is 28.8 Å². The summed E-state index contributed by atoms with van der Waals surface area (Å²) in [5.41, 5.74) is 5.46. The quantitative estimate of drug-likeness (QED) is 0.110. The van der Waals surface area contributed by atoms with Gasteiger partial charge in [-0.25, -0.2) is 4.18 Å². The zero-order chi connectivity index (χ0) is 50.3. The first-order valence-electron chi connectivity index (χ1n) is 27.7. The average molecular weight is 993 g/mol. The zero-order valence-corrected chi connectivity index (χ0v) is 45.0. The Hall–Kier alpha value is -1.45. The van der Waals surface area contributed by atoms with Crippen molar-refractivity contribution in [1.29, 1.82) is 0 Å². The Morgan fingerprint density at radius 1 is 0.900 bits per heavy atom. The van der Waals surface area contributed by atoms with Crippen LogP contribution in [0.1, 0.15) is 172 Å². The first kappa shape index (κ1) is 50.7. The van der Waals surface area contributed by atoms with Crippen molar-refractivity contribution >= 4 is 10.4 Å². The summed E-state index contributed by atoms with van der Waals surface area (Å²) in [5, 5.41) is 46.3. The first-order valence-corrected chi connectivity index (χ1v) is 29.1. The fourth-order valence-corrected chi connectivity index (χ4v) is 21.0. The van der Waals surface area contributed by atoms with Gasteiger partial charge in [0.1, 0.15) is 6.10 Å². The molecule has 19 atom stereocenters. The Kier molecular flexibility index (Phi) is 11.8. The monoisotopic (exact) mass is 993 g/mol. The van der Waals surface area contributed by atoms with E-state index in [0.717, 1.165) is 76.2 Å². The molecule has 9 fully saturated rings. The lowest BCUT2D eigenvalue weighted by molar-refractivity contribution is -0.408. The Labute approximate surface area is 419 Å². The fraction of sp³-hybridized carbons (Fsp3) is 0.862. The van der Waals surface area contributed by atoms with Crippen LogP contribution in [0.3, 0.4) is 0 Å². The van der Waals surface area contributed by atoms with Crippen LogP contribution >= 0.6 is 0 Å². The zero-order valence-electron chi connectivity index (χ0n) is 44.2. The van der Waals surface area contributed by atoms with E-state index in [0.29, 0.717) is 36.7 Å². The predicted molar refractivity (Wildman–Crippen MR) is 267 cm³/mol. The van der Waals surface area contributed by atoms with E-state index in [1.54, 1.807) is 11.1 Å². The Morgan fingerprint density at radius 2 is 1.56 bits per heavy atom.